The minimum absolute atomic E-state index is 0.00744. The van der Waals surface area contributed by atoms with Gasteiger partial charge < -0.3 is 24.8 Å². The van der Waals surface area contributed by atoms with Crippen molar-refractivity contribution in [1.82, 2.24) is 29.8 Å². The summed E-state index contributed by atoms with van der Waals surface area (Å²) in [6.07, 6.45) is 5.92. The number of rotatable bonds is 6. The van der Waals surface area contributed by atoms with Crippen LogP contribution in [0.4, 0.5) is 0 Å². The molecule has 4 aromatic heterocycles. The van der Waals surface area contributed by atoms with Gasteiger partial charge in [-0.1, -0.05) is 6.92 Å². The van der Waals surface area contributed by atoms with Crippen molar-refractivity contribution >= 4 is 11.4 Å². The Kier molecular flexibility index (Phi) is 6.74. The van der Waals surface area contributed by atoms with Crippen molar-refractivity contribution in [3.05, 3.63) is 80.8 Å². The number of hydrogen-bond acceptors (Lipinski definition) is 5. The molecular formula is C28H34N6O3. The molecule has 1 amide bonds. The van der Waals surface area contributed by atoms with Crippen LogP contribution >= 0.6 is 0 Å². The highest BCUT2D eigenvalue weighted by molar-refractivity contribution is 5.97. The molecule has 5 rings (SSSR count). The van der Waals surface area contributed by atoms with Gasteiger partial charge in [-0.25, -0.2) is 0 Å². The summed E-state index contributed by atoms with van der Waals surface area (Å²) in [5.74, 6) is -0.168. The van der Waals surface area contributed by atoms with E-state index in [1.54, 1.807) is 4.68 Å². The molecule has 5 heterocycles. The number of carbonyl (C=O) groups excluding carboxylic acids is 1. The fourth-order valence-electron chi connectivity index (χ4n) is 5.35. The predicted molar refractivity (Wildman–Crippen MR) is 143 cm³/mol. The van der Waals surface area contributed by atoms with Gasteiger partial charge >= 0.3 is 0 Å². The molecule has 0 spiro atoms. The van der Waals surface area contributed by atoms with Gasteiger partial charge in [0.15, 0.2) is 0 Å². The first-order valence-electron chi connectivity index (χ1n) is 12.7. The number of hydrogen-bond donors (Lipinski definition) is 3. The third-order valence-electron chi connectivity index (χ3n) is 7.34. The zero-order valence-corrected chi connectivity index (χ0v) is 22.0. The molecule has 0 aromatic carbocycles. The maximum Gasteiger partial charge on any atom is 0.253 e. The molecule has 37 heavy (non-hydrogen) atoms. The number of aryl methyl sites for hydroxylation is 3. The molecule has 0 saturated carbocycles. The first-order chi connectivity index (χ1) is 17.7. The normalized spacial score (nSPS) is 16.7. The lowest BCUT2D eigenvalue weighted by Crippen LogP contribution is -2.41. The molecule has 194 valence electrons. The van der Waals surface area contributed by atoms with Crippen molar-refractivity contribution in [2.24, 2.45) is 7.05 Å². The number of aromatic nitrogens is 4. The van der Waals surface area contributed by atoms with Crippen LogP contribution in [0.25, 0.3) is 16.6 Å². The molecule has 2 unspecified atom stereocenters. The van der Waals surface area contributed by atoms with Crippen molar-refractivity contribution in [2.75, 3.05) is 19.7 Å². The Hall–Kier alpha value is -3.69. The van der Waals surface area contributed by atoms with Crippen LogP contribution in [0.2, 0.25) is 0 Å². The molecular weight excluding hydrogens is 468 g/mol. The number of aromatic amines is 1. The van der Waals surface area contributed by atoms with E-state index < -0.39 is 0 Å². The van der Waals surface area contributed by atoms with E-state index in [9.17, 15) is 9.59 Å². The average Bonchev–Trinajstić information content (AvgIpc) is 3.49. The minimum atomic E-state index is -0.209. The fourth-order valence-corrected chi connectivity index (χ4v) is 5.35. The highest BCUT2D eigenvalue weighted by Gasteiger charge is 2.28. The van der Waals surface area contributed by atoms with Gasteiger partial charge in [-0.3, -0.25) is 14.3 Å². The van der Waals surface area contributed by atoms with Crippen LogP contribution in [-0.4, -0.2) is 50.9 Å². The van der Waals surface area contributed by atoms with Gasteiger partial charge in [0.25, 0.3) is 11.5 Å². The number of H-pyrrole nitrogens is 1. The van der Waals surface area contributed by atoms with E-state index in [0.29, 0.717) is 17.7 Å². The lowest BCUT2D eigenvalue weighted by molar-refractivity contribution is 0.0135. The molecule has 4 aromatic rings. The number of pyridine rings is 2. The first kappa shape index (κ1) is 25.0. The Labute approximate surface area is 215 Å². The summed E-state index contributed by atoms with van der Waals surface area (Å²) in [6, 6.07) is 5.92. The number of nitrogens with zero attached hydrogens (tertiary/aromatic N) is 3. The molecule has 9 heteroatoms. The van der Waals surface area contributed by atoms with Crippen molar-refractivity contribution in [2.45, 2.75) is 46.3 Å². The topological polar surface area (TPSA) is 105 Å². The van der Waals surface area contributed by atoms with Gasteiger partial charge in [0, 0.05) is 84.2 Å². The summed E-state index contributed by atoms with van der Waals surface area (Å²) in [6.45, 7) is 10.3. The van der Waals surface area contributed by atoms with Crippen molar-refractivity contribution in [3.8, 4) is 11.1 Å². The Balaban J connectivity index is 1.55. The molecule has 9 nitrogen and oxygen atoms in total. The Morgan fingerprint density at radius 3 is 2.70 bits per heavy atom. The van der Waals surface area contributed by atoms with Gasteiger partial charge in [-0.2, -0.15) is 5.10 Å². The van der Waals surface area contributed by atoms with Gasteiger partial charge in [-0.15, -0.1) is 0 Å². The smallest absolute Gasteiger partial charge is 0.253 e. The molecule has 1 fully saturated rings. The van der Waals surface area contributed by atoms with Crippen molar-refractivity contribution < 1.29 is 9.53 Å². The van der Waals surface area contributed by atoms with Crippen molar-refractivity contribution in [1.29, 1.82) is 0 Å². The Bertz CT molecular complexity index is 1520. The van der Waals surface area contributed by atoms with Gasteiger partial charge in [0.1, 0.15) is 0 Å². The zero-order chi connectivity index (χ0) is 26.3. The molecule has 0 radical (unpaired) electrons. The summed E-state index contributed by atoms with van der Waals surface area (Å²) in [5.41, 5.74) is 7.54. The number of carbonyl (C=O) groups is 1. The van der Waals surface area contributed by atoms with Crippen molar-refractivity contribution in [3.63, 3.8) is 0 Å². The molecule has 3 N–H and O–H groups in total. The van der Waals surface area contributed by atoms with Crippen LogP contribution in [-0.2, 0) is 18.3 Å². The number of nitrogens with one attached hydrogen (secondary N) is 3. The van der Waals surface area contributed by atoms with E-state index in [2.05, 4.69) is 44.3 Å². The lowest BCUT2D eigenvalue weighted by Gasteiger charge is -2.31. The second-order valence-electron chi connectivity index (χ2n) is 10.0. The molecule has 1 saturated heterocycles. The fraction of sp³-hybridized carbons (Fsp3) is 0.393. The number of fused-ring (bicyclic) bond motifs is 1. The molecule has 0 aliphatic carbocycles. The standard InChI is InChI=1S/C28H34N6O3/c1-16-8-17(2)32-28(36)24(16)12-30-27(35)23-10-22-9-20(21-11-31-33(5)14-21)15-34(22)26(18(23)3)19(4)25-13-29-6-7-37-25/h8-11,14-15,19,25,29H,6-7,12-13H2,1-5H3,(H,30,35)(H,32,36). The van der Waals surface area contributed by atoms with Gasteiger partial charge in [-0.05, 0) is 50.1 Å². The quantitative estimate of drug-likeness (QED) is 0.376. The zero-order valence-electron chi connectivity index (χ0n) is 22.0. The average molecular weight is 503 g/mol. The number of ether oxygens (including phenoxy) is 1. The van der Waals surface area contributed by atoms with E-state index in [-0.39, 0.29) is 30.0 Å². The first-order valence-corrected chi connectivity index (χ1v) is 12.7. The molecule has 2 atom stereocenters. The summed E-state index contributed by atoms with van der Waals surface area (Å²) in [7, 11) is 1.90. The third kappa shape index (κ3) is 4.84. The summed E-state index contributed by atoms with van der Waals surface area (Å²) in [4.78, 5) is 28.8. The van der Waals surface area contributed by atoms with E-state index in [4.69, 9.17) is 4.74 Å². The Morgan fingerprint density at radius 2 is 2.03 bits per heavy atom. The number of morpholine rings is 1. The maximum atomic E-state index is 13.5. The summed E-state index contributed by atoms with van der Waals surface area (Å²) >= 11 is 0. The monoisotopic (exact) mass is 502 g/mol. The van der Waals surface area contributed by atoms with E-state index in [1.165, 1.54) is 0 Å². The highest BCUT2D eigenvalue weighted by atomic mass is 16.5. The number of amides is 1. The van der Waals surface area contributed by atoms with E-state index in [1.807, 2.05) is 52.3 Å². The second-order valence-corrected chi connectivity index (χ2v) is 10.0. The van der Waals surface area contributed by atoms with Gasteiger partial charge in [0.2, 0.25) is 0 Å². The van der Waals surface area contributed by atoms with Crippen LogP contribution in [0.5, 0.6) is 0 Å². The molecule has 0 bridgehead atoms. The molecule has 1 aliphatic heterocycles. The van der Waals surface area contributed by atoms with Crippen LogP contribution in [0, 0.1) is 20.8 Å². The highest BCUT2D eigenvalue weighted by Crippen LogP contribution is 2.32. The van der Waals surface area contributed by atoms with E-state index >= 15 is 0 Å². The van der Waals surface area contributed by atoms with Crippen LogP contribution in [0.15, 0.2) is 41.6 Å². The summed E-state index contributed by atoms with van der Waals surface area (Å²) in [5, 5.41) is 10.7. The SMILES string of the molecule is Cc1cc(C)c(CNC(=O)c2cc3cc(-c4cnn(C)c4)cn3c(C(C)C3CNCCO3)c2C)c(=O)[nH]1. The largest absolute Gasteiger partial charge is 0.375 e. The minimum Gasteiger partial charge on any atom is -0.375 e. The summed E-state index contributed by atoms with van der Waals surface area (Å²) < 4.78 is 10.1. The lowest BCUT2D eigenvalue weighted by atomic mass is 9.92. The van der Waals surface area contributed by atoms with Gasteiger partial charge in [0.05, 0.1) is 18.9 Å². The second kappa shape index (κ2) is 9.99. The maximum absolute atomic E-state index is 13.5. The van der Waals surface area contributed by atoms with Crippen LogP contribution < -0.4 is 16.2 Å². The van der Waals surface area contributed by atoms with E-state index in [0.717, 1.165) is 52.2 Å². The van der Waals surface area contributed by atoms with Crippen LogP contribution in [0.3, 0.4) is 0 Å². The third-order valence-corrected chi connectivity index (χ3v) is 7.34. The predicted octanol–water partition coefficient (Wildman–Crippen LogP) is 2.98. The molecule has 1 aliphatic rings. The Morgan fingerprint density at radius 1 is 1.22 bits per heavy atom. The van der Waals surface area contributed by atoms with Crippen LogP contribution in [0.1, 0.15) is 51.3 Å².